The highest BCUT2D eigenvalue weighted by Crippen LogP contribution is 2.42. The number of hydrogen-bond acceptors (Lipinski definition) is 7. The van der Waals surface area contributed by atoms with Gasteiger partial charge in [-0.2, -0.15) is 24.2 Å². The van der Waals surface area contributed by atoms with Gasteiger partial charge in [0.2, 0.25) is 0 Å². The molecule has 1 unspecified atom stereocenters. The van der Waals surface area contributed by atoms with Gasteiger partial charge in [0.15, 0.2) is 0 Å². The molecule has 0 spiro atoms. The van der Waals surface area contributed by atoms with Crippen LogP contribution >= 0.6 is 0 Å². The van der Waals surface area contributed by atoms with E-state index in [-0.39, 0.29) is 17.9 Å². The molecule has 1 aliphatic rings. The fraction of sp³-hybridized carbons (Fsp3) is 0.367. The first-order chi connectivity index (χ1) is 19.8. The van der Waals surface area contributed by atoms with Crippen molar-refractivity contribution in [3.8, 4) is 34.2 Å². The van der Waals surface area contributed by atoms with Crippen molar-refractivity contribution in [1.82, 2.24) is 24.5 Å². The second-order valence-corrected chi connectivity index (χ2v) is 11.2. The summed E-state index contributed by atoms with van der Waals surface area (Å²) in [6.07, 6.45) is 2.72. The zero-order valence-electron chi connectivity index (χ0n) is 24.1. The Bertz CT molecular complexity index is 1760. The normalized spacial score (nSPS) is 15.2. The summed E-state index contributed by atoms with van der Waals surface area (Å²) in [6, 6.07) is 8.86. The van der Waals surface area contributed by atoms with Crippen LogP contribution in [0.2, 0.25) is 0 Å². The van der Waals surface area contributed by atoms with E-state index in [0.29, 0.717) is 39.8 Å². The van der Waals surface area contributed by atoms with Gasteiger partial charge in [-0.05, 0) is 63.1 Å². The summed E-state index contributed by atoms with van der Waals surface area (Å²) in [5.74, 6) is -1.59. The molecule has 0 fully saturated rings. The van der Waals surface area contributed by atoms with Crippen molar-refractivity contribution in [3.63, 3.8) is 0 Å². The van der Waals surface area contributed by atoms with Gasteiger partial charge < -0.3 is 9.47 Å². The molecule has 0 saturated carbocycles. The Morgan fingerprint density at radius 3 is 2.55 bits per heavy atom. The quantitative estimate of drug-likeness (QED) is 0.282. The minimum atomic E-state index is -3.23. The number of ether oxygens (including phenoxy) is 2. The maximum absolute atomic E-state index is 13.6. The van der Waals surface area contributed by atoms with Crippen LogP contribution in [-0.2, 0) is 18.3 Å². The van der Waals surface area contributed by atoms with Gasteiger partial charge in [-0.3, -0.25) is 14.2 Å². The number of benzene rings is 2. The lowest BCUT2D eigenvalue weighted by atomic mass is 9.87. The number of nitriles is 1. The number of carbonyl (C=O) groups is 2. The smallest absolute Gasteiger partial charge is 0.417 e. The molecule has 12 heteroatoms. The molecule has 3 heterocycles. The Morgan fingerprint density at radius 1 is 1.19 bits per heavy atom. The molecule has 2 amide bonds. The Kier molecular flexibility index (Phi) is 7.22. The van der Waals surface area contributed by atoms with Gasteiger partial charge in [0, 0.05) is 48.8 Å². The lowest BCUT2D eigenvalue weighted by Gasteiger charge is -2.33. The van der Waals surface area contributed by atoms with Crippen LogP contribution in [0, 0.1) is 11.3 Å². The van der Waals surface area contributed by atoms with Crippen molar-refractivity contribution >= 4 is 22.9 Å². The monoisotopic (exact) mass is 576 g/mol. The summed E-state index contributed by atoms with van der Waals surface area (Å²) in [5, 5.41) is 19.6. The zero-order valence-corrected chi connectivity index (χ0v) is 24.1. The van der Waals surface area contributed by atoms with Crippen LogP contribution in [0.25, 0.3) is 33.3 Å². The Labute approximate surface area is 241 Å². The number of hydrogen-bond donors (Lipinski definition) is 0. The van der Waals surface area contributed by atoms with Crippen LogP contribution in [-0.4, -0.2) is 55.2 Å². The van der Waals surface area contributed by atoms with E-state index < -0.39 is 30.1 Å². The van der Waals surface area contributed by atoms with Gasteiger partial charge >= 0.3 is 12.7 Å². The van der Waals surface area contributed by atoms with Gasteiger partial charge in [-0.25, -0.2) is 9.69 Å². The number of aromatic nitrogens is 4. The number of amides is 2. The summed E-state index contributed by atoms with van der Waals surface area (Å²) in [7, 11) is 1.69. The van der Waals surface area contributed by atoms with Crippen molar-refractivity contribution in [2.24, 2.45) is 7.05 Å². The summed E-state index contributed by atoms with van der Waals surface area (Å²) in [5.41, 5.74) is 2.82. The fourth-order valence-electron chi connectivity index (χ4n) is 5.24. The van der Waals surface area contributed by atoms with E-state index in [2.05, 4.69) is 16.3 Å². The number of alkyl halides is 2. The largest absolute Gasteiger partial charge is 0.443 e. The van der Waals surface area contributed by atoms with E-state index in [9.17, 15) is 23.6 Å². The van der Waals surface area contributed by atoms with E-state index in [1.807, 2.05) is 19.2 Å². The third-order valence-corrected chi connectivity index (χ3v) is 7.03. The summed E-state index contributed by atoms with van der Waals surface area (Å²) in [4.78, 5) is 27.2. The molecule has 0 N–H and O–H groups in total. The molecule has 1 atom stereocenters. The first-order valence-corrected chi connectivity index (χ1v) is 13.4. The minimum absolute atomic E-state index is 0.0112. The molecule has 2 aromatic carbocycles. The predicted octanol–water partition coefficient (Wildman–Crippen LogP) is 6.09. The maximum Gasteiger partial charge on any atom is 0.417 e. The molecule has 1 aliphatic heterocycles. The van der Waals surface area contributed by atoms with E-state index in [1.165, 1.54) is 6.07 Å². The first-order valence-electron chi connectivity index (χ1n) is 13.4. The first kappa shape index (κ1) is 28.7. The molecule has 10 nitrogen and oxygen atoms in total. The second-order valence-electron chi connectivity index (χ2n) is 11.2. The molecular weight excluding hydrogens is 546 g/mol. The molecular formula is C30H30F2N6O4. The lowest BCUT2D eigenvalue weighted by Crippen LogP contribution is -2.46. The minimum Gasteiger partial charge on any atom is -0.443 e. The SMILES string of the molecule is CCn1cc(-c2cc(C#N)c3c(-c4cc(OC(F)F)c5c(c4)C(C)CN(C(=O)OC(C)(C)C)C5=O)n(C)nc3c2)cn1. The number of halogens is 2. The molecule has 0 radical (unpaired) electrons. The molecule has 0 aliphatic carbocycles. The van der Waals surface area contributed by atoms with Crippen LogP contribution in [0.1, 0.15) is 62.0 Å². The van der Waals surface area contributed by atoms with Crippen LogP contribution in [0.3, 0.4) is 0 Å². The van der Waals surface area contributed by atoms with Crippen molar-refractivity contribution in [3.05, 3.63) is 53.3 Å². The number of nitrogens with zero attached hydrogens (tertiary/aromatic N) is 6. The van der Waals surface area contributed by atoms with Crippen molar-refractivity contribution in [2.45, 2.75) is 59.3 Å². The molecule has 0 saturated heterocycles. The van der Waals surface area contributed by atoms with Gasteiger partial charge in [-0.15, -0.1) is 0 Å². The van der Waals surface area contributed by atoms with Crippen LogP contribution in [0.4, 0.5) is 13.6 Å². The average Bonchev–Trinajstić information content (AvgIpc) is 3.52. The number of imide groups is 1. The zero-order chi connectivity index (χ0) is 30.5. The topological polar surface area (TPSA) is 115 Å². The third-order valence-electron chi connectivity index (χ3n) is 7.03. The van der Waals surface area contributed by atoms with Crippen molar-refractivity contribution in [2.75, 3.05) is 6.54 Å². The molecule has 2 aromatic heterocycles. The summed E-state index contributed by atoms with van der Waals surface area (Å²) in [6.45, 7) is 6.22. The number of rotatable bonds is 5. The van der Waals surface area contributed by atoms with E-state index in [1.54, 1.807) is 62.4 Å². The van der Waals surface area contributed by atoms with Crippen molar-refractivity contribution < 1.29 is 27.8 Å². The van der Waals surface area contributed by atoms with Crippen LogP contribution in [0.5, 0.6) is 5.75 Å². The fourth-order valence-corrected chi connectivity index (χ4v) is 5.24. The van der Waals surface area contributed by atoms with Gasteiger partial charge in [0.05, 0.1) is 34.6 Å². The van der Waals surface area contributed by atoms with Gasteiger partial charge in [0.25, 0.3) is 5.91 Å². The lowest BCUT2D eigenvalue weighted by molar-refractivity contribution is -0.0504. The molecule has 5 rings (SSSR count). The highest BCUT2D eigenvalue weighted by atomic mass is 19.3. The number of carbonyl (C=O) groups excluding carboxylic acids is 2. The standard InChI is InChI=1S/C30H30F2N6O4/c1-7-37-15-20(13-34-37)17-8-19(12-33)24-22(10-17)35-36(6)26(24)18-9-21-16(2)14-38(29(40)42-30(3,4)5)27(39)25(21)23(11-18)41-28(31)32/h8-11,13,15-16,28H,7,14H2,1-6H3. The van der Waals surface area contributed by atoms with E-state index in [4.69, 9.17) is 9.47 Å². The summed E-state index contributed by atoms with van der Waals surface area (Å²) >= 11 is 0. The highest BCUT2D eigenvalue weighted by molar-refractivity contribution is 6.08. The summed E-state index contributed by atoms with van der Waals surface area (Å²) < 4.78 is 40.9. The Hall–Kier alpha value is -4.79. The molecule has 4 aromatic rings. The van der Waals surface area contributed by atoms with Crippen molar-refractivity contribution in [1.29, 1.82) is 5.26 Å². The Balaban J connectivity index is 1.67. The molecule has 218 valence electrons. The molecule has 0 bridgehead atoms. The molecule has 42 heavy (non-hydrogen) atoms. The maximum atomic E-state index is 13.6. The number of aryl methyl sites for hydroxylation is 2. The number of fused-ring (bicyclic) bond motifs is 2. The van der Waals surface area contributed by atoms with E-state index in [0.717, 1.165) is 16.0 Å². The van der Waals surface area contributed by atoms with E-state index >= 15 is 0 Å². The predicted molar refractivity (Wildman–Crippen MR) is 150 cm³/mol. The van der Waals surface area contributed by atoms with Gasteiger partial charge in [0.1, 0.15) is 11.4 Å². The second kappa shape index (κ2) is 10.6. The highest BCUT2D eigenvalue weighted by Gasteiger charge is 2.39. The van der Waals surface area contributed by atoms with Crippen LogP contribution in [0.15, 0.2) is 36.7 Å². The van der Waals surface area contributed by atoms with Crippen LogP contribution < -0.4 is 4.74 Å². The average molecular weight is 577 g/mol. The third kappa shape index (κ3) is 5.18. The Morgan fingerprint density at radius 2 is 1.93 bits per heavy atom. The van der Waals surface area contributed by atoms with Gasteiger partial charge in [-0.1, -0.05) is 6.92 Å².